The summed E-state index contributed by atoms with van der Waals surface area (Å²) in [7, 11) is 1.97. The maximum Gasteiger partial charge on any atom is 0.0705 e. The van der Waals surface area contributed by atoms with E-state index in [1.807, 2.05) is 25.4 Å². The van der Waals surface area contributed by atoms with Gasteiger partial charge in [-0.25, -0.2) is 0 Å². The van der Waals surface area contributed by atoms with Crippen molar-refractivity contribution < 1.29 is 0 Å². The highest BCUT2D eigenvalue weighted by Gasteiger charge is 2.06. The lowest BCUT2D eigenvalue weighted by molar-refractivity contribution is 0.656. The van der Waals surface area contributed by atoms with E-state index in [0.717, 1.165) is 5.52 Å². The van der Waals surface area contributed by atoms with Gasteiger partial charge in [-0.1, -0.05) is 18.2 Å². The minimum Gasteiger partial charge on any atom is -0.313 e. The van der Waals surface area contributed by atoms with Crippen LogP contribution in [0.1, 0.15) is 18.5 Å². The van der Waals surface area contributed by atoms with Crippen molar-refractivity contribution in [3.8, 4) is 0 Å². The van der Waals surface area contributed by atoms with Crippen LogP contribution in [0.2, 0.25) is 0 Å². The van der Waals surface area contributed by atoms with Crippen molar-refractivity contribution in [1.82, 2.24) is 10.3 Å². The Morgan fingerprint density at radius 1 is 1.21 bits per heavy atom. The van der Waals surface area contributed by atoms with Gasteiger partial charge >= 0.3 is 0 Å². The molecule has 0 aliphatic carbocycles. The van der Waals surface area contributed by atoms with Gasteiger partial charge in [0.2, 0.25) is 0 Å². The van der Waals surface area contributed by atoms with E-state index in [2.05, 4.69) is 35.4 Å². The van der Waals surface area contributed by atoms with E-state index in [-0.39, 0.29) is 0 Å². The number of benzene rings is 1. The second-order valence-corrected chi connectivity index (χ2v) is 3.43. The molecule has 1 aromatic carbocycles. The molecule has 1 N–H and O–H groups in total. The third-order valence-corrected chi connectivity index (χ3v) is 2.58. The molecule has 0 amide bonds. The van der Waals surface area contributed by atoms with Gasteiger partial charge in [-0.2, -0.15) is 0 Å². The maximum atomic E-state index is 4.33. The van der Waals surface area contributed by atoms with E-state index in [4.69, 9.17) is 0 Å². The number of aromatic nitrogens is 1. The lowest BCUT2D eigenvalue weighted by Gasteiger charge is -2.12. The Balaban J connectivity index is 2.65. The van der Waals surface area contributed by atoms with Crippen LogP contribution in [-0.4, -0.2) is 12.0 Å². The zero-order valence-corrected chi connectivity index (χ0v) is 8.49. The summed E-state index contributed by atoms with van der Waals surface area (Å²) in [4.78, 5) is 4.33. The number of pyridine rings is 1. The first-order chi connectivity index (χ1) is 6.83. The molecular weight excluding hydrogens is 172 g/mol. The highest BCUT2D eigenvalue weighted by molar-refractivity contribution is 5.82. The van der Waals surface area contributed by atoms with Gasteiger partial charge in [0, 0.05) is 17.6 Å². The third kappa shape index (κ3) is 1.49. The van der Waals surface area contributed by atoms with Crippen LogP contribution in [0.15, 0.2) is 36.5 Å². The standard InChI is InChI=1S/C12H14N2/c1-9(13-2)10-7-8-14-12-6-4-3-5-11(10)12/h3-9,13H,1-2H3/t9-/m1/s1. The molecule has 1 aromatic heterocycles. The Labute approximate surface area is 84.0 Å². The van der Waals surface area contributed by atoms with Crippen LogP contribution in [0.5, 0.6) is 0 Å². The second kappa shape index (κ2) is 3.76. The Hall–Kier alpha value is -1.41. The molecule has 0 saturated carbocycles. The third-order valence-electron chi connectivity index (χ3n) is 2.58. The van der Waals surface area contributed by atoms with Crippen LogP contribution < -0.4 is 5.32 Å². The minimum absolute atomic E-state index is 0.364. The van der Waals surface area contributed by atoms with Crippen LogP contribution in [0.25, 0.3) is 10.9 Å². The monoisotopic (exact) mass is 186 g/mol. The Morgan fingerprint density at radius 3 is 2.79 bits per heavy atom. The number of hydrogen-bond acceptors (Lipinski definition) is 2. The van der Waals surface area contributed by atoms with Crippen molar-refractivity contribution in [2.75, 3.05) is 7.05 Å². The van der Waals surface area contributed by atoms with Crippen molar-refractivity contribution in [3.05, 3.63) is 42.1 Å². The quantitative estimate of drug-likeness (QED) is 0.779. The molecule has 14 heavy (non-hydrogen) atoms. The maximum absolute atomic E-state index is 4.33. The van der Waals surface area contributed by atoms with Crippen LogP contribution in [0, 0.1) is 0 Å². The van der Waals surface area contributed by atoms with E-state index in [1.165, 1.54) is 10.9 Å². The first-order valence-electron chi connectivity index (χ1n) is 4.84. The van der Waals surface area contributed by atoms with Crippen molar-refractivity contribution in [2.24, 2.45) is 0 Å². The lowest BCUT2D eigenvalue weighted by atomic mass is 10.0. The highest BCUT2D eigenvalue weighted by atomic mass is 14.9. The van der Waals surface area contributed by atoms with Gasteiger partial charge in [0.25, 0.3) is 0 Å². The summed E-state index contributed by atoms with van der Waals surface area (Å²) in [6, 6.07) is 10.7. The zero-order valence-electron chi connectivity index (χ0n) is 8.49. The first kappa shape index (κ1) is 9.16. The fourth-order valence-corrected chi connectivity index (χ4v) is 1.65. The van der Waals surface area contributed by atoms with E-state index in [1.54, 1.807) is 0 Å². The molecule has 72 valence electrons. The van der Waals surface area contributed by atoms with Gasteiger partial charge in [-0.3, -0.25) is 4.98 Å². The molecule has 0 aliphatic rings. The van der Waals surface area contributed by atoms with Crippen LogP contribution in [0.4, 0.5) is 0 Å². The summed E-state index contributed by atoms with van der Waals surface area (Å²) in [5.41, 5.74) is 2.37. The van der Waals surface area contributed by atoms with Gasteiger partial charge in [0.05, 0.1) is 5.52 Å². The summed E-state index contributed by atoms with van der Waals surface area (Å²) >= 11 is 0. The van der Waals surface area contributed by atoms with Crippen LogP contribution in [0.3, 0.4) is 0 Å². The number of para-hydroxylation sites is 1. The number of nitrogens with one attached hydrogen (secondary N) is 1. The molecule has 0 unspecified atom stereocenters. The molecule has 0 radical (unpaired) electrons. The fraction of sp³-hybridized carbons (Fsp3) is 0.250. The fourth-order valence-electron chi connectivity index (χ4n) is 1.65. The smallest absolute Gasteiger partial charge is 0.0705 e. The van der Waals surface area contributed by atoms with E-state index >= 15 is 0 Å². The summed E-state index contributed by atoms with van der Waals surface area (Å²) in [5, 5.41) is 4.48. The Bertz CT molecular complexity index is 432. The molecule has 0 bridgehead atoms. The van der Waals surface area contributed by atoms with Crippen LogP contribution >= 0.6 is 0 Å². The van der Waals surface area contributed by atoms with E-state index < -0.39 is 0 Å². The Kier molecular flexibility index (Phi) is 2.46. The number of nitrogens with zero attached hydrogens (tertiary/aromatic N) is 1. The molecular formula is C12H14N2. The summed E-state index contributed by atoms with van der Waals surface area (Å²) in [5.74, 6) is 0. The Morgan fingerprint density at radius 2 is 2.00 bits per heavy atom. The molecule has 0 spiro atoms. The van der Waals surface area contributed by atoms with Gasteiger partial charge in [-0.15, -0.1) is 0 Å². The van der Waals surface area contributed by atoms with Crippen molar-refractivity contribution >= 4 is 10.9 Å². The van der Waals surface area contributed by atoms with E-state index in [9.17, 15) is 0 Å². The largest absolute Gasteiger partial charge is 0.313 e. The van der Waals surface area contributed by atoms with Crippen molar-refractivity contribution in [3.63, 3.8) is 0 Å². The predicted octanol–water partition coefficient (Wildman–Crippen LogP) is 2.52. The molecule has 0 fully saturated rings. The molecule has 2 nitrogen and oxygen atoms in total. The van der Waals surface area contributed by atoms with E-state index in [0.29, 0.717) is 6.04 Å². The molecule has 2 rings (SSSR count). The van der Waals surface area contributed by atoms with Gasteiger partial charge < -0.3 is 5.32 Å². The topological polar surface area (TPSA) is 24.9 Å². The summed E-state index contributed by atoms with van der Waals surface area (Å²) in [6.45, 7) is 2.15. The normalized spacial score (nSPS) is 13.0. The van der Waals surface area contributed by atoms with Crippen molar-refractivity contribution in [2.45, 2.75) is 13.0 Å². The SMILES string of the molecule is CN[C@H](C)c1ccnc2ccccc12. The second-order valence-electron chi connectivity index (χ2n) is 3.43. The molecule has 0 aliphatic heterocycles. The zero-order chi connectivity index (χ0) is 9.97. The highest BCUT2D eigenvalue weighted by Crippen LogP contribution is 2.21. The molecule has 1 heterocycles. The first-order valence-corrected chi connectivity index (χ1v) is 4.84. The average Bonchev–Trinajstić information content (AvgIpc) is 2.27. The molecule has 2 aromatic rings. The number of fused-ring (bicyclic) bond motifs is 1. The minimum atomic E-state index is 0.364. The summed E-state index contributed by atoms with van der Waals surface area (Å²) < 4.78 is 0. The van der Waals surface area contributed by atoms with Gasteiger partial charge in [-0.05, 0) is 31.7 Å². The predicted molar refractivity (Wildman–Crippen MR) is 59.2 cm³/mol. The lowest BCUT2D eigenvalue weighted by Crippen LogP contribution is -2.12. The van der Waals surface area contributed by atoms with Gasteiger partial charge in [0.15, 0.2) is 0 Å². The number of hydrogen-bond donors (Lipinski definition) is 1. The molecule has 2 heteroatoms. The number of rotatable bonds is 2. The van der Waals surface area contributed by atoms with Crippen molar-refractivity contribution in [1.29, 1.82) is 0 Å². The summed E-state index contributed by atoms with van der Waals surface area (Å²) in [6.07, 6.45) is 1.87. The average molecular weight is 186 g/mol. The van der Waals surface area contributed by atoms with Gasteiger partial charge in [0.1, 0.15) is 0 Å². The molecule has 1 atom stereocenters. The van der Waals surface area contributed by atoms with Crippen LogP contribution in [-0.2, 0) is 0 Å². The molecule has 0 saturated heterocycles.